The van der Waals surface area contributed by atoms with Gasteiger partial charge < -0.3 is 23.7 Å². The Balaban J connectivity index is 1.71. The summed E-state index contributed by atoms with van der Waals surface area (Å²) in [5.74, 6) is -1.63. The third-order valence-electron chi connectivity index (χ3n) is 8.99. The number of nitrogens with zero attached hydrogens (tertiary/aromatic N) is 4. The maximum atomic E-state index is 15.8. The summed E-state index contributed by atoms with van der Waals surface area (Å²) in [4.78, 5) is 34.2. The number of ether oxygens (including phenoxy) is 2. The van der Waals surface area contributed by atoms with E-state index in [1.165, 1.54) is 24.4 Å². The second kappa shape index (κ2) is 13.3. The minimum Gasteiger partial charge on any atom is -0.494 e. The Morgan fingerprint density at radius 1 is 1.07 bits per heavy atom. The molecule has 0 saturated carbocycles. The smallest absolute Gasteiger partial charge is 0.410 e. The highest BCUT2D eigenvalue weighted by atomic mass is 28.4. The van der Waals surface area contributed by atoms with Crippen LogP contribution < -0.4 is 15.2 Å². The largest absolute Gasteiger partial charge is 0.494 e. The number of methoxy groups -OCH3 is 1. The van der Waals surface area contributed by atoms with E-state index in [1.54, 1.807) is 34.6 Å². The summed E-state index contributed by atoms with van der Waals surface area (Å²) in [6, 6.07) is 6.19. The highest BCUT2D eigenvalue weighted by Crippen LogP contribution is 2.39. The molecule has 1 fully saturated rings. The SMILES string of the molecule is COc1cc(C)c(F)c(N(CCO[Si](C)(C)C(C)(C)C)c2ccc3ncn(C4CCN(C(=O)OC(C)(C)C)CC4)c(=O)c3c2)c1F. The molecule has 12 heteroatoms. The molecule has 1 aliphatic rings. The molecule has 0 unspecified atom stereocenters. The summed E-state index contributed by atoms with van der Waals surface area (Å²) in [7, 11) is -0.828. The van der Waals surface area contributed by atoms with Crippen molar-refractivity contribution >= 4 is 36.7 Å². The zero-order chi connectivity index (χ0) is 34.2. The Kier molecular flexibility index (Phi) is 10.2. The Morgan fingerprint density at radius 2 is 1.72 bits per heavy atom. The van der Waals surface area contributed by atoms with Crippen LogP contribution in [0.25, 0.3) is 10.9 Å². The van der Waals surface area contributed by atoms with E-state index in [2.05, 4.69) is 38.8 Å². The van der Waals surface area contributed by atoms with Crippen molar-refractivity contribution in [1.29, 1.82) is 0 Å². The Labute approximate surface area is 271 Å². The molecule has 0 spiro atoms. The molecule has 0 N–H and O–H groups in total. The lowest BCUT2D eigenvalue weighted by Gasteiger charge is -2.37. The molecule has 1 amide bonds. The summed E-state index contributed by atoms with van der Waals surface area (Å²) >= 11 is 0. The van der Waals surface area contributed by atoms with Crippen molar-refractivity contribution in [3.63, 3.8) is 0 Å². The number of fused-ring (bicyclic) bond motifs is 1. The van der Waals surface area contributed by atoms with Gasteiger partial charge in [0.15, 0.2) is 25.7 Å². The van der Waals surface area contributed by atoms with Gasteiger partial charge in [-0.3, -0.25) is 9.36 Å². The van der Waals surface area contributed by atoms with E-state index in [0.29, 0.717) is 42.5 Å². The number of anilines is 2. The van der Waals surface area contributed by atoms with Gasteiger partial charge in [0.1, 0.15) is 11.3 Å². The first-order chi connectivity index (χ1) is 21.3. The summed E-state index contributed by atoms with van der Waals surface area (Å²) in [5.41, 5.74) is -0.00219. The van der Waals surface area contributed by atoms with Crippen LogP contribution in [-0.4, -0.2) is 67.8 Å². The Hall–Kier alpha value is -3.51. The van der Waals surface area contributed by atoms with Crippen LogP contribution in [-0.2, 0) is 9.16 Å². The van der Waals surface area contributed by atoms with Crippen molar-refractivity contribution in [2.45, 2.75) is 91.1 Å². The lowest BCUT2D eigenvalue weighted by molar-refractivity contribution is 0.0187. The van der Waals surface area contributed by atoms with E-state index < -0.39 is 25.6 Å². The summed E-state index contributed by atoms with van der Waals surface area (Å²) in [6.45, 7) is 18.9. The van der Waals surface area contributed by atoms with E-state index in [1.807, 2.05) is 20.8 Å². The van der Waals surface area contributed by atoms with Crippen LogP contribution >= 0.6 is 0 Å². The van der Waals surface area contributed by atoms with Gasteiger partial charge in [0.05, 0.1) is 30.9 Å². The normalized spacial score (nSPS) is 14.9. The summed E-state index contributed by atoms with van der Waals surface area (Å²) in [6.07, 6.45) is 2.28. The van der Waals surface area contributed by atoms with Crippen molar-refractivity contribution in [2.75, 3.05) is 38.3 Å². The number of piperidine rings is 1. The molecule has 4 rings (SSSR count). The third kappa shape index (κ3) is 7.54. The van der Waals surface area contributed by atoms with Crippen molar-refractivity contribution in [3.8, 4) is 5.75 Å². The second-order valence-electron chi connectivity index (χ2n) is 14.5. The maximum Gasteiger partial charge on any atom is 0.410 e. The van der Waals surface area contributed by atoms with Crippen LogP contribution in [0.15, 0.2) is 35.4 Å². The lowest BCUT2D eigenvalue weighted by atomic mass is 10.0. The molecular formula is C34H48F2N4O5Si. The van der Waals surface area contributed by atoms with E-state index in [-0.39, 0.29) is 52.9 Å². The number of aromatic nitrogens is 2. The number of likely N-dealkylation sites (tertiary alicyclic amines) is 1. The van der Waals surface area contributed by atoms with Crippen LogP contribution in [0.1, 0.15) is 66.0 Å². The number of carbonyl (C=O) groups is 1. The van der Waals surface area contributed by atoms with Crippen LogP contribution in [0.4, 0.5) is 25.0 Å². The molecule has 1 saturated heterocycles. The monoisotopic (exact) mass is 658 g/mol. The third-order valence-corrected chi connectivity index (χ3v) is 13.5. The van der Waals surface area contributed by atoms with Crippen molar-refractivity contribution in [1.82, 2.24) is 14.5 Å². The minimum absolute atomic E-state index is 0.0519. The molecule has 1 aromatic heterocycles. The topological polar surface area (TPSA) is 86.1 Å². The van der Waals surface area contributed by atoms with Gasteiger partial charge in [-0.1, -0.05) is 20.8 Å². The average Bonchev–Trinajstić information content (AvgIpc) is 2.97. The molecule has 252 valence electrons. The number of halogens is 2. The highest BCUT2D eigenvalue weighted by Gasteiger charge is 2.37. The lowest BCUT2D eigenvalue weighted by Crippen LogP contribution is -2.43. The minimum atomic E-state index is -2.17. The van der Waals surface area contributed by atoms with Gasteiger partial charge in [0, 0.05) is 31.4 Å². The number of rotatable bonds is 8. The molecular weight excluding hydrogens is 610 g/mol. The number of hydrogen-bond acceptors (Lipinski definition) is 7. The molecule has 0 aliphatic carbocycles. The van der Waals surface area contributed by atoms with Gasteiger partial charge in [0.2, 0.25) is 0 Å². The van der Waals surface area contributed by atoms with Crippen molar-refractivity contribution < 1.29 is 27.5 Å². The Bertz CT molecular complexity index is 1640. The first-order valence-electron chi connectivity index (χ1n) is 15.8. The van der Waals surface area contributed by atoms with Crippen molar-refractivity contribution in [3.05, 3.63) is 58.1 Å². The van der Waals surface area contributed by atoms with E-state index in [4.69, 9.17) is 13.9 Å². The second-order valence-corrected chi connectivity index (χ2v) is 19.3. The van der Waals surface area contributed by atoms with Gasteiger partial charge in [-0.25, -0.2) is 18.6 Å². The molecule has 46 heavy (non-hydrogen) atoms. The first-order valence-corrected chi connectivity index (χ1v) is 18.7. The van der Waals surface area contributed by atoms with E-state index in [0.717, 1.165) is 0 Å². The summed E-state index contributed by atoms with van der Waals surface area (Å²) in [5, 5.41) is 0.272. The number of benzene rings is 2. The maximum absolute atomic E-state index is 15.8. The first kappa shape index (κ1) is 35.3. The molecule has 1 aliphatic heterocycles. The fourth-order valence-electron chi connectivity index (χ4n) is 5.29. The molecule has 2 aromatic carbocycles. The number of aryl methyl sites for hydroxylation is 1. The van der Waals surface area contributed by atoms with Crippen molar-refractivity contribution in [2.24, 2.45) is 0 Å². The zero-order valence-electron chi connectivity index (χ0n) is 28.8. The van der Waals surface area contributed by atoms with Gasteiger partial charge in [-0.2, -0.15) is 0 Å². The molecule has 9 nitrogen and oxygen atoms in total. The zero-order valence-corrected chi connectivity index (χ0v) is 29.8. The van der Waals surface area contributed by atoms with E-state index >= 15 is 8.78 Å². The number of hydrogen-bond donors (Lipinski definition) is 0. The van der Waals surface area contributed by atoms with E-state index in [9.17, 15) is 9.59 Å². The fraction of sp³-hybridized carbons (Fsp3) is 0.559. The Morgan fingerprint density at radius 3 is 2.30 bits per heavy atom. The number of amides is 1. The average molecular weight is 659 g/mol. The molecule has 3 aromatic rings. The summed E-state index contributed by atoms with van der Waals surface area (Å²) < 4.78 is 50.3. The van der Waals surface area contributed by atoms with Crippen LogP contribution in [0, 0.1) is 18.6 Å². The highest BCUT2D eigenvalue weighted by molar-refractivity contribution is 6.74. The van der Waals surface area contributed by atoms with Gasteiger partial charge >= 0.3 is 6.09 Å². The molecule has 0 atom stereocenters. The molecule has 2 heterocycles. The van der Waals surface area contributed by atoms with Gasteiger partial charge in [-0.15, -0.1) is 0 Å². The molecule has 0 radical (unpaired) electrons. The predicted molar refractivity (Wildman–Crippen MR) is 180 cm³/mol. The quantitative estimate of drug-likeness (QED) is 0.229. The van der Waals surface area contributed by atoms with Crippen LogP contribution in [0.5, 0.6) is 5.75 Å². The van der Waals surface area contributed by atoms with Crippen LogP contribution in [0.2, 0.25) is 18.1 Å². The standard InChI is InChI=1S/C34H48F2N4O5Si/c1-22-19-27(43-8)29(36)30(28(22)35)39(17-18-44-46(9,10)34(5,6)7)24-11-12-26-25(20-24)31(41)40(21-37-26)23-13-15-38(16-14-23)32(42)45-33(2,3)4/h11-12,19-21,23H,13-18H2,1-10H3. The fourth-order valence-corrected chi connectivity index (χ4v) is 6.33. The number of carbonyl (C=O) groups excluding carboxylic acids is 1. The molecule has 0 bridgehead atoms. The van der Waals surface area contributed by atoms with Gasteiger partial charge in [0.25, 0.3) is 5.56 Å². The predicted octanol–water partition coefficient (Wildman–Crippen LogP) is 7.72. The van der Waals surface area contributed by atoms with Crippen LogP contribution in [0.3, 0.4) is 0 Å². The van der Waals surface area contributed by atoms with Gasteiger partial charge in [-0.05, 0) is 88.5 Å².